The van der Waals surface area contributed by atoms with Crippen LogP contribution < -0.4 is 9.47 Å². The van der Waals surface area contributed by atoms with Gasteiger partial charge in [0.2, 0.25) is 0 Å². The first-order valence-corrected chi connectivity index (χ1v) is 7.63. The Morgan fingerprint density at radius 3 is 2.29 bits per heavy atom. The molecular weight excluding hydrogens is 304 g/mol. The standard InChI is InChI=1S/C19H20N2O3/c1-4-21(19(22)16-8-5-14(12-20)6-9-16)13-15-7-10-17(23-2)18(11-15)24-3/h5-11H,4,13H2,1-3H3. The highest BCUT2D eigenvalue weighted by molar-refractivity contribution is 5.94. The average Bonchev–Trinajstić information content (AvgIpc) is 2.65. The zero-order valence-corrected chi connectivity index (χ0v) is 14.1. The summed E-state index contributed by atoms with van der Waals surface area (Å²) in [5, 5.41) is 8.84. The van der Waals surface area contributed by atoms with Crippen molar-refractivity contribution in [3.63, 3.8) is 0 Å². The molecule has 0 fully saturated rings. The summed E-state index contributed by atoms with van der Waals surface area (Å²) in [5.41, 5.74) is 2.06. The van der Waals surface area contributed by atoms with E-state index in [-0.39, 0.29) is 5.91 Å². The van der Waals surface area contributed by atoms with Gasteiger partial charge in [0.25, 0.3) is 5.91 Å². The Morgan fingerprint density at radius 2 is 1.75 bits per heavy atom. The average molecular weight is 324 g/mol. The molecule has 0 spiro atoms. The van der Waals surface area contributed by atoms with Gasteiger partial charge in [-0.2, -0.15) is 5.26 Å². The first-order valence-electron chi connectivity index (χ1n) is 7.63. The van der Waals surface area contributed by atoms with Gasteiger partial charge in [-0.1, -0.05) is 6.07 Å². The van der Waals surface area contributed by atoms with Crippen molar-refractivity contribution < 1.29 is 14.3 Å². The molecule has 24 heavy (non-hydrogen) atoms. The van der Waals surface area contributed by atoms with Gasteiger partial charge in [-0.25, -0.2) is 0 Å². The van der Waals surface area contributed by atoms with Crippen LogP contribution >= 0.6 is 0 Å². The van der Waals surface area contributed by atoms with Crippen LogP contribution in [0.2, 0.25) is 0 Å². The third-order valence-corrected chi connectivity index (χ3v) is 3.75. The molecule has 0 aliphatic rings. The minimum absolute atomic E-state index is 0.0724. The van der Waals surface area contributed by atoms with Crippen LogP contribution in [-0.2, 0) is 6.54 Å². The molecule has 0 N–H and O–H groups in total. The van der Waals surface area contributed by atoms with E-state index in [1.807, 2.05) is 31.2 Å². The highest BCUT2D eigenvalue weighted by Crippen LogP contribution is 2.28. The summed E-state index contributed by atoms with van der Waals surface area (Å²) in [7, 11) is 3.17. The van der Waals surface area contributed by atoms with E-state index in [1.165, 1.54) is 0 Å². The molecule has 0 aliphatic carbocycles. The molecule has 2 aromatic rings. The van der Waals surface area contributed by atoms with Gasteiger partial charge in [0.1, 0.15) is 0 Å². The number of methoxy groups -OCH3 is 2. The summed E-state index contributed by atoms with van der Waals surface area (Å²) in [6, 6.07) is 14.3. The van der Waals surface area contributed by atoms with E-state index in [0.717, 1.165) is 5.56 Å². The SMILES string of the molecule is CCN(Cc1ccc(OC)c(OC)c1)C(=O)c1ccc(C#N)cc1. The van der Waals surface area contributed by atoms with Gasteiger partial charge in [0, 0.05) is 18.7 Å². The van der Waals surface area contributed by atoms with Crippen LogP contribution in [0.3, 0.4) is 0 Å². The molecule has 0 bridgehead atoms. The molecule has 0 saturated heterocycles. The first kappa shape index (κ1) is 17.4. The normalized spacial score (nSPS) is 9.92. The molecule has 2 aromatic carbocycles. The zero-order chi connectivity index (χ0) is 17.5. The van der Waals surface area contributed by atoms with E-state index in [2.05, 4.69) is 0 Å². The van der Waals surface area contributed by atoms with Crippen molar-refractivity contribution in [2.24, 2.45) is 0 Å². The molecule has 0 atom stereocenters. The Labute approximate surface area is 142 Å². The lowest BCUT2D eigenvalue weighted by atomic mass is 10.1. The first-order chi connectivity index (χ1) is 11.6. The van der Waals surface area contributed by atoms with Crippen molar-refractivity contribution in [2.45, 2.75) is 13.5 Å². The Morgan fingerprint density at radius 1 is 1.08 bits per heavy atom. The van der Waals surface area contributed by atoms with Gasteiger partial charge in [-0.3, -0.25) is 4.79 Å². The van der Waals surface area contributed by atoms with Crippen molar-refractivity contribution in [2.75, 3.05) is 20.8 Å². The van der Waals surface area contributed by atoms with Crippen LogP contribution in [0.25, 0.3) is 0 Å². The predicted octanol–water partition coefficient (Wildman–Crippen LogP) is 3.24. The van der Waals surface area contributed by atoms with E-state index < -0.39 is 0 Å². The number of hydrogen-bond acceptors (Lipinski definition) is 4. The summed E-state index contributed by atoms with van der Waals surface area (Å²) in [6.45, 7) is 2.98. The predicted molar refractivity (Wildman–Crippen MR) is 91.1 cm³/mol. The Hall–Kier alpha value is -3.00. The highest BCUT2D eigenvalue weighted by Gasteiger charge is 2.15. The molecule has 0 aliphatic heterocycles. The van der Waals surface area contributed by atoms with E-state index >= 15 is 0 Å². The molecule has 5 heteroatoms. The van der Waals surface area contributed by atoms with Gasteiger partial charge in [0.05, 0.1) is 25.9 Å². The summed E-state index contributed by atoms with van der Waals surface area (Å²) in [5.74, 6) is 1.22. The molecule has 0 saturated carbocycles. The van der Waals surface area contributed by atoms with Crippen LogP contribution in [0.1, 0.15) is 28.4 Å². The van der Waals surface area contributed by atoms with Crippen LogP contribution in [0.5, 0.6) is 11.5 Å². The second-order valence-electron chi connectivity index (χ2n) is 5.20. The molecule has 5 nitrogen and oxygen atoms in total. The number of nitrogens with zero attached hydrogens (tertiary/aromatic N) is 2. The van der Waals surface area contributed by atoms with Crippen molar-refractivity contribution in [3.8, 4) is 17.6 Å². The van der Waals surface area contributed by atoms with E-state index in [0.29, 0.717) is 35.7 Å². The number of hydrogen-bond donors (Lipinski definition) is 0. The number of ether oxygens (including phenoxy) is 2. The van der Waals surface area contributed by atoms with Crippen LogP contribution in [0, 0.1) is 11.3 Å². The van der Waals surface area contributed by atoms with Gasteiger partial charge >= 0.3 is 0 Å². The molecule has 0 aromatic heterocycles. The van der Waals surface area contributed by atoms with Crippen LogP contribution in [-0.4, -0.2) is 31.6 Å². The monoisotopic (exact) mass is 324 g/mol. The third kappa shape index (κ3) is 3.85. The molecular formula is C19H20N2O3. The Bertz CT molecular complexity index is 748. The van der Waals surface area contributed by atoms with Gasteiger partial charge < -0.3 is 14.4 Å². The number of amides is 1. The fourth-order valence-electron chi connectivity index (χ4n) is 2.40. The zero-order valence-electron chi connectivity index (χ0n) is 14.1. The summed E-state index contributed by atoms with van der Waals surface area (Å²) in [4.78, 5) is 14.4. The second-order valence-corrected chi connectivity index (χ2v) is 5.20. The fourth-order valence-corrected chi connectivity index (χ4v) is 2.40. The lowest BCUT2D eigenvalue weighted by Crippen LogP contribution is -2.30. The van der Waals surface area contributed by atoms with E-state index in [4.69, 9.17) is 14.7 Å². The largest absolute Gasteiger partial charge is 0.493 e. The minimum Gasteiger partial charge on any atom is -0.493 e. The number of nitriles is 1. The van der Waals surface area contributed by atoms with Gasteiger partial charge in [-0.15, -0.1) is 0 Å². The molecule has 0 heterocycles. The second kappa shape index (κ2) is 8.02. The molecule has 0 radical (unpaired) electrons. The summed E-state index contributed by atoms with van der Waals surface area (Å²) < 4.78 is 10.5. The van der Waals surface area contributed by atoms with Crippen molar-refractivity contribution in [1.82, 2.24) is 4.90 Å². The van der Waals surface area contributed by atoms with Crippen molar-refractivity contribution in [3.05, 3.63) is 59.2 Å². The maximum Gasteiger partial charge on any atom is 0.254 e. The molecule has 1 amide bonds. The van der Waals surface area contributed by atoms with Crippen LogP contribution in [0.4, 0.5) is 0 Å². The summed E-state index contributed by atoms with van der Waals surface area (Å²) in [6.07, 6.45) is 0. The summed E-state index contributed by atoms with van der Waals surface area (Å²) >= 11 is 0. The topological polar surface area (TPSA) is 62.6 Å². The fraction of sp³-hybridized carbons (Fsp3) is 0.263. The van der Waals surface area contributed by atoms with Gasteiger partial charge in [-0.05, 0) is 48.9 Å². The van der Waals surface area contributed by atoms with Gasteiger partial charge in [0.15, 0.2) is 11.5 Å². The van der Waals surface area contributed by atoms with E-state index in [1.54, 1.807) is 43.4 Å². The van der Waals surface area contributed by atoms with E-state index in [9.17, 15) is 4.79 Å². The number of benzene rings is 2. The number of carbonyl (C=O) groups is 1. The Balaban J connectivity index is 2.19. The third-order valence-electron chi connectivity index (χ3n) is 3.75. The minimum atomic E-state index is -0.0724. The molecule has 2 rings (SSSR count). The van der Waals surface area contributed by atoms with Crippen molar-refractivity contribution >= 4 is 5.91 Å². The smallest absolute Gasteiger partial charge is 0.254 e. The number of carbonyl (C=O) groups excluding carboxylic acids is 1. The number of rotatable bonds is 6. The maximum atomic E-state index is 12.6. The quantitative estimate of drug-likeness (QED) is 0.818. The maximum absolute atomic E-state index is 12.6. The molecule has 0 unspecified atom stereocenters. The lowest BCUT2D eigenvalue weighted by Gasteiger charge is -2.21. The van der Waals surface area contributed by atoms with Crippen molar-refractivity contribution in [1.29, 1.82) is 5.26 Å². The lowest BCUT2D eigenvalue weighted by molar-refractivity contribution is 0.0752. The Kier molecular flexibility index (Phi) is 5.80. The molecule has 124 valence electrons. The highest BCUT2D eigenvalue weighted by atomic mass is 16.5. The van der Waals surface area contributed by atoms with Crippen LogP contribution in [0.15, 0.2) is 42.5 Å².